The minimum absolute atomic E-state index is 0.0372. The van der Waals surface area contributed by atoms with Crippen LogP contribution in [0.25, 0.3) is 0 Å². The Kier molecular flexibility index (Phi) is 3.87. The second-order valence-electron chi connectivity index (χ2n) is 4.12. The van der Waals surface area contributed by atoms with Crippen LogP contribution in [0.5, 0.6) is 11.5 Å². The van der Waals surface area contributed by atoms with Crippen molar-refractivity contribution in [3.8, 4) is 11.5 Å². The third-order valence-corrected chi connectivity index (χ3v) is 3.61. The third-order valence-electron chi connectivity index (χ3n) is 2.70. The van der Waals surface area contributed by atoms with Gasteiger partial charge in [0.2, 0.25) is 10.0 Å². The van der Waals surface area contributed by atoms with Gasteiger partial charge in [0, 0.05) is 6.07 Å². The normalized spacial score (nSPS) is 11.3. The number of hydrogen-bond donors (Lipinski definition) is 1. The van der Waals surface area contributed by atoms with E-state index in [-0.39, 0.29) is 4.90 Å². The molecular formula is C14H15NO3S. The summed E-state index contributed by atoms with van der Waals surface area (Å²) in [5.41, 5.74) is 1.21. The van der Waals surface area contributed by atoms with Crippen LogP contribution in [-0.4, -0.2) is 8.42 Å². The van der Waals surface area contributed by atoms with E-state index in [1.165, 1.54) is 17.7 Å². The van der Waals surface area contributed by atoms with E-state index in [2.05, 4.69) is 6.92 Å². The zero-order valence-electron chi connectivity index (χ0n) is 10.5. The topological polar surface area (TPSA) is 69.4 Å². The molecule has 0 aliphatic rings. The molecule has 0 saturated carbocycles. The van der Waals surface area contributed by atoms with E-state index in [4.69, 9.17) is 9.88 Å². The summed E-state index contributed by atoms with van der Waals surface area (Å²) in [6.07, 6.45) is 0.960. The molecule has 0 saturated heterocycles. The predicted octanol–water partition coefficient (Wildman–Crippen LogP) is 2.69. The van der Waals surface area contributed by atoms with Crippen molar-refractivity contribution in [2.45, 2.75) is 18.2 Å². The van der Waals surface area contributed by atoms with Gasteiger partial charge in [-0.25, -0.2) is 13.6 Å². The maximum Gasteiger partial charge on any atom is 0.238 e. The molecule has 0 heterocycles. The molecule has 2 aromatic rings. The highest BCUT2D eigenvalue weighted by molar-refractivity contribution is 7.89. The van der Waals surface area contributed by atoms with E-state index < -0.39 is 10.0 Å². The molecule has 5 heteroatoms. The molecule has 19 heavy (non-hydrogen) atoms. The van der Waals surface area contributed by atoms with Gasteiger partial charge in [-0.05, 0) is 36.2 Å². The number of rotatable bonds is 4. The number of sulfonamides is 1. The Bertz CT molecular complexity index is 663. The average Bonchev–Trinajstić information content (AvgIpc) is 2.39. The lowest BCUT2D eigenvalue weighted by Crippen LogP contribution is -2.11. The minimum Gasteiger partial charge on any atom is -0.457 e. The molecule has 4 nitrogen and oxygen atoms in total. The van der Waals surface area contributed by atoms with Crippen LogP contribution in [0.15, 0.2) is 53.4 Å². The molecule has 2 N–H and O–H groups in total. The number of nitrogens with two attached hydrogens (primary N) is 1. The minimum atomic E-state index is -3.71. The van der Waals surface area contributed by atoms with Gasteiger partial charge < -0.3 is 4.74 Å². The largest absolute Gasteiger partial charge is 0.457 e. The molecule has 0 radical (unpaired) electrons. The highest BCUT2D eigenvalue weighted by Crippen LogP contribution is 2.23. The Morgan fingerprint density at radius 3 is 2.32 bits per heavy atom. The molecule has 0 amide bonds. The second kappa shape index (κ2) is 5.42. The number of aryl methyl sites for hydroxylation is 1. The van der Waals surface area contributed by atoms with E-state index in [0.29, 0.717) is 11.5 Å². The van der Waals surface area contributed by atoms with Gasteiger partial charge in [0.05, 0.1) is 4.90 Å². The Morgan fingerprint density at radius 2 is 1.74 bits per heavy atom. The fourth-order valence-corrected chi connectivity index (χ4v) is 2.19. The maximum absolute atomic E-state index is 11.2. The lowest BCUT2D eigenvalue weighted by molar-refractivity contribution is 0.480. The van der Waals surface area contributed by atoms with Crippen LogP contribution >= 0.6 is 0 Å². The van der Waals surface area contributed by atoms with Crippen molar-refractivity contribution in [2.75, 3.05) is 0 Å². The lowest BCUT2D eigenvalue weighted by atomic mass is 10.2. The number of ether oxygens (including phenoxy) is 1. The first-order valence-corrected chi connectivity index (χ1v) is 7.43. The summed E-state index contributed by atoms with van der Waals surface area (Å²) >= 11 is 0. The van der Waals surface area contributed by atoms with Crippen LogP contribution < -0.4 is 9.88 Å². The molecule has 100 valence electrons. The Balaban J connectivity index is 2.23. The summed E-state index contributed by atoms with van der Waals surface area (Å²) in [5, 5.41) is 5.07. The molecule has 0 fully saturated rings. The van der Waals surface area contributed by atoms with E-state index in [1.54, 1.807) is 12.1 Å². The van der Waals surface area contributed by atoms with Crippen molar-refractivity contribution in [2.24, 2.45) is 5.14 Å². The molecule has 0 bridgehead atoms. The van der Waals surface area contributed by atoms with Gasteiger partial charge in [-0.2, -0.15) is 0 Å². The van der Waals surface area contributed by atoms with E-state index in [9.17, 15) is 8.42 Å². The van der Waals surface area contributed by atoms with Crippen molar-refractivity contribution in [1.29, 1.82) is 0 Å². The maximum atomic E-state index is 11.2. The first-order valence-electron chi connectivity index (χ1n) is 5.88. The summed E-state index contributed by atoms with van der Waals surface area (Å²) in [6.45, 7) is 2.07. The monoisotopic (exact) mass is 277 g/mol. The average molecular weight is 277 g/mol. The molecule has 0 aliphatic heterocycles. The Labute approximate surface area is 112 Å². The molecule has 2 rings (SSSR count). The zero-order valence-corrected chi connectivity index (χ0v) is 11.4. The zero-order chi connectivity index (χ0) is 13.9. The lowest BCUT2D eigenvalue weighted by Gasteiger charge is -2.07. The second-order valence-corrected chi connectivity index (χ2v) is 5.68. The van der Waals surface area contributed by atoms with Crippen molar-refractivity contribution in [1.82, 2.24) is 0 Å². The quantitative estimate of drug-likeness (QED) is 0.934. The molecule has 0 aliphatic carbocycles. The van der Waals surface area contributed by atoms with Crippen LogP contribution in [-0.2, 0) is 16.4 Å². The highest BCUT2D eigenvalue weighted by atomic mass is 32.2. The Morgan fingerprint density at radius 1 is 1.05 bits per heavy atom. The van der Waals surface area contributed by atoms with Gasteiger partial charge in [0.25, 0.3) is 0 Å². The van der Waals surface area contributed by atoms with Gasteiger partial charge in [-0.1, -0.05) is 25.1 Å². The van der Waals surface area contributed by atoms with Gasteiger partial charge in [0.1, 0.15) is 11.5 Å². The number of hydrogen-bond acceptors (Lipinski definition) is 3. The summed E-state index contributed by atoms with van der Waals surface area (Å²) in [5.74, 6) is 1.10. The van der Waals surface area contributed by atoms with Crippen molar-refractivity contribution in [3.05, 3.63) is 54.1 Å². The van der Waals surface area contributed by atoms with E-state index in [0.717, 1.165) is 6.42 Å². The molecule has 0 unspecified atom stereocenters. The summed E-state index contributed by atoms with van der Waals surface area (Å²) in [4.78, 5) is 0.0372. The summed E-state index contributed by atoms with van der Waals surface area (Å²) < 4.78 is 28.1. The van der Waals surface area contributed by atoms with Crippen molar-refractivity contribution in [3.63, 3.8) is 0 Å². The predicted molar refractivity (Wildman–Crippen MR) is 73.7 cm³/mol. The molecule has 0 aromatic heterocycles. The van der Waals surface area contributed by atoms with Gasteiger partial charge in [0.15, 0.2) is 0 Å². The van der Waals surface area contributed by atoms with Crippen LogP contribution in [0, 0.1) is 0 Å². The van der Waals surface area contributed by atoms with Crippen LogP contribution in [0.3, 0.4) is 0 Å². The molecular weight excluding hydrogens is 262 g/mol. The first kappa shape index (κ1) is 13.6. The van der Waals surface area contributed by atoms with Crippen molar-refractivity contribution < 1.29 is 13.2 Å². The summed E-state index contributed by atoms with van der Waals surface area (Å²) in [7, 11) is -3.71. The third kappa shape index (κ3) is 3.56. The number of primary sulfonamides is 1. The van der Waals surface area contributed by atoms with Crippen LogP contribution in [0.2, 0.25) is 0 Å². The Hall–Kier alpha value is -1.85. The van der Waals surface area contributed by atoms with Crippen molar-refractivity contribution >= 4 is 10.0 Å². The number of benzene rings is 2. The smallest absolute Gasteiger partial charge is 0.238 e. The van der Waals surface area contributed by atoms with Gasteiger partial charge >= 0.3 is 0 Å². The van der Waals surface area contributed by atoms with Crippen LogP contribution in [0.1, 0.15) is 12.5 Å². The highest BCUT2D eigenvalue weighted by Gasteiger charge is 2.08. The van der Waals surface area contributed by atoms with Gasteiger partial charge in [-0.15, -0.1) is 0 Å². The van der Waals surface area contributed by atoms with Gasteiger partial charge in [-0.3, -0.25) is 0 Å². The SMILES string of the molecule is CCc1ccc(Oc2cccc(S(N)(=O)=O)c2)cc1. The van der Waals surface area contributed by atoms with Crippen LogP contribution in [0.4, 0.5) is 0 Å². The van der Waals surface area contributed by atoms with E-state index in [1.807, 2.05) is 24.3 Å². The first-order chi connectivity index (χ1) is 8.99. The fourth-order valence-electron chi connectivity index (χ4n) is 1.64. The molecule has 2 aromatic carbocycles. The standard InChI is InChI=1S/C14H15NO3S/c1-2-11-6-8-12(9-7-11)18-13-4-3-5-14(10-13)19(15,16)17/h3-10H,2H2,1H3,(H2,15,16,17). The fraction of sp³-hybridized carbons (Fsp3) is 0.143. The summed E-state index contributed by atoms with van der Waals surface area (Å²) in [6, 6.07) is 13.8. The van der Waals surface area contributed by atoms with E-state index >= 15 is 0 Å². The molecule has 0 atom stereocenters. The molecule has 0 spiro atoms.